The number of esters is 3. The maximum Gasteiger partial charge on any atom is 0.306 e. The lowest BCUT2D eigenvalue weighted by molar-refractivity contribution is -0.167. The number of hydrogen-bond donors (Lipinski definition) is 0. The first-order valence-corrected chi connectivity index (χ1v) is 24.9. The van der Waals surface area contributed by atoms with E-state index in [0.29, 0.717) is 19.3 Å². The van der Waals surface area contributed by atoms with E-state index in [0.717, 1.165) is 128 Å². The molecule has 0 aliphatic heterocycles. The van der Waals surface area contributed by atoms with Gasteiger partial charge in [0.1, 0.15) is 13.2 Å². The highest BCUT2D eigenvalue weighted by atomic mass is 16.6. The Balaban J connectivity index is 4.43. The molecule has 6 nitrogen and oxygen atoms in total. The van der Waals surface area contributed by atoms with Gasteiger partial charge in [-0.1, -0.05) is 184 Å². The van der Waals surface area contributed by atoms with Crippen molar-refractivity contribution in [3.63, 3.8) is 0 Å². The molecule has 0 amide bonds. The zero-order chi connectivity index (χ0) is 43.7. The molecule has 60 heavy (non-hydrogen) atoms. The molecule has 0 saturated carbocycles. The number of hydrogen-bond acceptors (Lipinski definition) is 6. The zero-order valence-electron chi connectivity index (χ0n) is 39.2. The molecule has 0 aliphatic carbocycles. The Hall–Kier alpha value is -3.15. The van der Waals surface area contributed by atoms with E-state index in [1.54, 1.807) is 0 Å². The van der Waals surface area contributed by atoms with Gasteiger partial charge in [-0.15, -0.1) is 0 Å². The van der Waals surface area contributed by atoms with Gasteiger partial charge in [0, 0.05) is 19.3 Å². The molecule has 0 radical (unpaired) electrons. The third-order valence-electron chi connectivity index (χ3n) is 10.4. The second-order valence-electron chi connectivity index (χ2n) is 16.3. The van der Waals surface area contributed by atoms with Crippen molar-refractivity contribution in [2.24, 2.45) is 0 Å². The Kier molecular flexibility index (Phi) is 46.0. The molecule has 1 atom stereocenters. The molecule has 0 aromatic heterocycles. The quantitative estimate of drug-likeness (QED) is 0.0263. The predicted octanol–water partition coefficient (Wildman–Crippen LogP) is 16.3. The van der Waals surface area contributed by atoms with E-state index < -0.39 is 6.10 Å². The smallest absolute Gasteiger partial charge is 0.306 e. The third kappa shape index (κ3) is 45.9. The zero-order valence-corrected chi connectivity index (χ0v) is 39.2. The van der Waals surface area contributed by atoms with E-state index in [-0.39, 0.29) is 31.1 Å². The van der Waals surface area contributed by atoms with Crippen LogP contribution in [0.2, 0.25) is 0 Å². The molecule has 6 heteroatoms. The molecule has 0 fully saturated rings. The summed E-state index contributed by atoms with van der Waals surface area (Å²) in [6.45, 7) is 6.37. The minimum atomic E-state index is -0.793. The number of rotatable bonds is 44. The topological polar surface area (TPSA) is 78.9 Å². The highest BCUT2D eigenvalue weighted by Gasteiger charge is 2.19. The van der Waals surface area contributed by atoms with Gasteiger partial charge >= 0.3 is 17.9 Å². The van der Waals surface area contributed by atoms with E-state index in [1.807, 2.05) is 0 Å². The fourth-order valence-electron chi connectivity index (χ4n) is 6.72. The van der Waals surface area contributed by atoms with E-state index in [1.165, 1.54) is 64.2 Å². The van der Waals surface area contributed by atoms with Crippen molar-refractivity contribution in [2.75, 3.05) is 13.2 Å². The Morgan fingerprint density at radius 3 is 1.05 bits per heavy atom. The van der Waals surface area contributed by atoms with Crippen LogP contribution in [0.3, 0.4) is 0 Å². The van der Waals surface area contributed by atoms with Crippen LogP contribution in [0, 0.1) is 0 Å². The molecule has 0 aromatic carbocycles. The lowest BCUT2D eigenvalue weighted by atomic mass is 10.1. The first-order valence-electron chi connectivity index (χ1n) is 24.9. The lowest BCUT2D eigenvalue weighted by Gasteiger charge is -2.18. The maximum absolute atomic E-state index is 12.8. The Morgan fingerprint density at radius 1 is 0.350 bits per heavy atom. The minimum absolute atomic E-state index is 0.0933. The molecule has 1 unspecified atom stereocenters. The number of allylic oxidation sites excluding steroid dienone is 12. The summed E-state index contributed by atoms with van der Waals surface area (Å²) in [5.74, 6) is -0.937. The molecular weight excluding hydrogens is 745 g/mol. The van der Waals surface area contributed by atoms with Gasteiger partial charge in [-0.25, -0.2) is 0 Å². The largest absolute Gasteiger partial charge is 0.462 e. The van der Waals surface area contributed by atoms with Crippen molar-refractivity contribution < 1.29 is 28.6 Å². The first kappa shape index (κ1) is 56.9. The fraction of sp³-hybridized carbons (Fsp3) is 0.722. The molecule has 0 N–H and O–H groups in total. The summed E-state index contributed by atoms with van der Waals surface area (Å²) in [6.07, 6.45) is 60.3. The summed E-state index contributed by atoms with van der Waals surface area (Å²) in [7, 11) is 0. The highest BCUT2D eigenvalue weighted by molar-refractivity contribution is 5.71. The van der Waals surface area contributed by atoms with Crippen LogP contribution in [0.15, 0.2) is 72.9 Å². The second kappa shape index (κ2) is 48.5. The first-order chi connectivity index (χ1) is 29.5. The summed E-state index contributed by atoms with van der Waals surface area (Å²) in [5.41, 5.74) is 0. The SMILES string of the molecule is CC/C=C\C/C=C\C/C=C\CCCCCCCCC(=O)OCC(COC(=O)CCCCCCC/C=C\C/C=C\CC)OC(=O)CCCCC/C=C\CCCCCCCCC. The van der Waals surface area contributed by atoms with Gasteiger partial charge < -0.3 is 14.2 Å². The standard InChI is InChI=1S/C54H92O6/c1-4-7-10-13-16-19-22-25-27-28-30-32-35-38-41-44-47-53(56)59-50-51(49-58-52(55)46-43-40-37-34-31-24-21-18-15-12-9-6-3)60-54(57)48-45-42-39-36-33-29-26-23-20-17-14-11-8-5-2/h7,9-10,12,16,18-19,21,25,27,29,33,51H,4-6,8,11,13-15,17,20,22-24,26,28,30-32,34-50H2,1-3H3/b10-7-,12-9-,19-16-,21-18-,27-25-,33-29-. The van der Waals surface area contributed by atoms with E-state index >= 15 is 0 Å². The molecule has 0 heterocycles. The van der Waals surface area contributed by atoms with Gasteiger partial charge in [0.05, 0.1) is 0 Å². The van der Waals surface area contributed by atoms with Crippen molar-refractivity contribution in [3.8, 4) is 0 Å². The van der Waals surface area contributed by atoms with Crippen LogP contribution in [0.5, 0.6) is 0 Å². The van der Waals surface area contributed by atoms with E-state index in [9.17, 15) is 14.4 Å². The van der Waals surface area contributed by atoms with E-state index in [4.69, 9.17) is 14.2 Å². The summed E-state index contributed by atoms with van der Waals surface area (Å²) in [4.78, 5) is 37.9. The van der Waals surface area contributed by atoms with Crippen LogP contribution in [0.4, 0.5) is 0 Å². The number of ether oxygens (including phenoxy) is 3. The van der Waals surface area contributed by atoms with Gasteiger partial charge in [0.15, 0.2) is 6.10 Å². The average Bonchev–Trinajstić information content (AvgIpc) is 3.24. The van der Waals surface area contributed by atoms with Crippen LogP contribution in [0.1, 0.15) is 233 Å². The van der Waals surface area contributed by atoms with Gasteiger partial charge in [0.2, 0.25) is 0 Å². The number of carbonyl (C=O) groups is 3. The monoisotopic (exact) mass is 837 g/mol. The molecule has 0 aliphatic rings. The minimum Gasteiger partial charge on any atom is -0.462 e. The summed E-state index contributed by atoms with van der Waals surface area (Å²) in [5, 5.41) is 0. The summed E-state index contributed by atoms with van der Waals surface area (Å²) >= 11 is 0. The summed E-state index contributed by atoms with van der Waals surface area (Å²) in [6, 6.07) is 0. The van der Waals surface area contributed by atoms with Crippen LogP contribution in [-0.2, 0) is 28.6 Å². The molecule has 0 bridgehead atoms. The van der Waals surface area contributed by atoms with Crippen LogP contribution >= 0.6 is 0 Å². The Morgan fingerprint density at radius 2 is 0.650 bits per heavy atom. The average molecular weight is 837 g/mol. The van der Waals surface area contributed by atoms with Crippen molar-refractivity contribution in [1.82, 2.24) is 0 Å². The number of carbonyl (C=O) groups excluding carboxylic acids is 3. The fourth-order valence-corrected chi connectivity index (χ4v) is 6.72. The molecular formula is C54H92O6. The van der Waals surface area contributed by atoms with Crippen molar-refractivity contribution >= 4 is 17.9 Å². The number of unbranched alkanes of at least 4 members (excludes halogenated alkanes) is 21. The van der Waals surface area contributed by atoms with Gasteiger partial charge in [-0.2, -0.15) is 0 Å². The lowest BCUT2D eigenvalue weighted by Crippen LogP contribution is -2.30. The normalized spacial score (nSPS) is 12.7. The molecule has 0 rings (SSSR count). The molecule has 0 spiro atoms. The van der Waals surface area contributed by atoms with Crippen molar-refractivity contribution in [3.05, 3.63) is 72.9 Å². The molecule has 0 saturated heterocycles. The van der Waals surface area contributed by atoms with E-state index in [2.05, 4.69) is 93.7 Å². The summed E-state index contributed by atoms with van der Waals surface area (Å²) < 4.78 is 16.7. The van der Waals surface area contributed by atoms with Gasteiger partial charge in [0.25, 0.3) is 0 Å². The Bertz CT molecular complexity index is 1140. The Labute approximate surface area is 370 Å². The predicted molar refractivity (Wildman–Crippen MR) is 256 cm³/mol. The maximum atomic E-state index is 12.8. The van der Waals surface area contributed by atoms with Crippen LogP contribution < -0.4 is 0 Å². The third-order valence-corrected chi connectivity index (χ3v) is 10.4. The van der Waals surface area contributed by atoms with Crippen molar-refractivity contribution in [1.29, 1.82) is 0 Å². The van der Waals surface area contributed by atoms with Crippen LogP contribution in [-0.4, -0.2) is 37.2 Å². The van der Waals surface area contributed by atoms with Crippen molar-refractivity contribution in [2.45, 2.75) is 239 Å². The second-order valence-corrected chi connectivity index (χ2v) is 16.3. The molecule has 344 valence electrons. The molecule has 0 aromatic rings. The van der Waals surface area contributed by atoms with Gasteiger partial charge in [-0.3, -0.25) is 14.4 Å². The highest BCUT2D eigenvalue weighted by Crippen LogP contribution is 2.13. The van der Waals surface area contributed by atoms with Crippen LogP contribution in [0.25, 0.3) is 0 Å². The van der Waals surface area contributed by atoms with Gasteiger partial charge in [-0.05, 0) is 103 Å².